The zero-order chi connectivity index (χ0) is 35.2. The SMILES string of the molecule is COC(=O)C(C)(NC(=O)OCc1ccccc1)c1cc(-c2ccc(F)cc2)nc(C(C)(O)CCC(=O)c2ccc(OC3CC3)c(OC)c2)c1. The van der Waals surface area contributed by atoms with Gasteiger partial charge >= 0.3 is 12.1 Å². The second kappa shape index (κ2) is 14.9. The number of ketones is 1. The Hall–Kier alpha value is -5.29. The van der Waals surface area contributed by atoms with Crippen molar-refractivity contribution in [3.63, 3.8) is 0 Å². The van der Waals surface area contributed by atoms with Gasteiger partial charge in [0.15, 0.2) is 22.8 Å². The fraction of sp³-hybridized carbons (Fsp3) is 0.316. The minimum absolute atomic E-state index is 0.0444. The number of hydrogen-bond donors (Lipinski definition) is 2. The van der Waals surface area contributed by atoms with E-state index < -0.39 is 29.0 Å². The summed E-state index contributed by atoms with van der Waals surface area (Å²) in [4.78, 5) is 44.3. The molecule has 1 aromatic heterocycles. The molecule has 0 radical (unpaired) electrons. The van der Waals surface area contributed by atoms with E-state index in [4.69, 9.17) is 18.9 Å². The first-order chi connectivity index (χ1) is 23.4. The summed E-state index contributed by atoms with van der Waals surface area (Å²) in [7, 11) is 2.69. The number of carbonyl (C=O) groups is 3. The Labute approximate surface area is 284 Å². The van der Waals surface area contributed by atoms with Crippen molar-refractivity contribution in [3.8, 4) is 22.8 Å². The number of nitrogens with zero attached hydrogens (tertiary/aromatic N) is 1. The summed E-state index contributed by atoms with van der Waals surface area (Å²) >= 11 is 0. The molecule has 0 bridgehead atoms. The summed E-state index contributed by atoms with van der Waals surface area (Å²) in [6.45, 7) is 2.90. The number of nitrogens with one attached hydrogen (secondary N) is 1. The number of esters is 1. The number of benzene rings is 3. The van der Waals surface area contributed by atoms with Gasteiger partial charge in [0.05, 0.1) is 31.7 Å². The van der Waals surface area contributed by atoms with Gasteiger partial charge in [-0.15, -0.1) is 0 Å². The molecule has 1 heterocycles. The Morgan fingerprint density at radius 1 is 0.939 bits per heavy atom. The van der Waals surface area contributed by atoms with Crippen LogP contribution in [0.2, 0.25) is 0 Å². The van der Waals surface area contributed by atoms with Crippen LogP contribution in [0.1, 0.15) is 66.7 Å². The lowest BCUT2D eigenvalue weighted by Gasteiger charge is -2.30. The van der Waals surface area contributed by atoms with Crippen LogP contribution in [0.15, 0.2) is 84.9 Å². The van der Waals surface area contributed by atoms with Crippen LogP contribution in [0, 0.1) is 5.82 Å². The number of hydrogen-bond acceptors (Lipinski definition) is 9. The number of pyridine rings is 1. The third kappa shape index (κ3) is 8.60. The minimum atomic E-state index is -1.80. The smallest absolute Gasteiger partial charge is 0.408 e. The van der Waals surface area contributed by atoms with E-state index in [1.807, 2.05) is 18.2 Å². The molecule has 256 valence electrons. The molecule has 1 saturated carbocycles. The van der Waals surface area contributed by atoms with Crippen LogP contribution >= 0.6 is 0 Å². The lowest BCUT2D eigenvalue weighted by Crippen LogP contribution is -2.50. The normalized spacial score (nSPS) is 14.9. The Balaban J connectivity index is 1.44. The molecule has 5 rings (SSSR count). The fourth-order valence-electron chi connectivity index (χ4n) is 5.21. The molecule has 1 aliphatic rings. The van der Waals surface area contributed by atoms with Gasteiger partial charge in [-0.25, -0.2) is 19.0 Å². The number of Topliss-reactive ketones (excluding diaryl/α,β-unsaturated/α-hetero) is 1. The predicted molar refractivity (Wildman–Crippen MR) is 179 cm³/mol. The maximum Gasteiger partial charge on any atom is 0.408 e. The number of halogens is 1. The molecule has 1 fully saturated rings. The van der Waals surface area contributed by atoms with Crippen LogP contribution in [-0.4, -0.2) is 48.3 Å². The van der Waals surface area contributed by atoms with Crippen molar-refractivity contribution in [2.24, 2.45) is 0 Å². The number of alkyl carbamates (subject to hydrolysis) is 1. The number of ether oxygens (including phenoxy) is 4. The number of amides is 1. The summed E-state index contributed by atoms with van der Waals surface area (Å²) in [5, 5.41) is 14.4. The van der Waals surface area contributed by atoms with E-state index >= 15 is 0 Å². The first-order valence-electron chi connectivity index (χ1n) is 15.9. The lowest BCUT2D eigenvalue weighted by atomic mass is 9.86. The van der Waals surface area contributed by atoms with E-state index in [0.717, 1.165) is 18.4 Å². The molecule has 0 aliphatic heterocycles. The fourth-order valence-corrected chi connectivity index (χ4v) is 5.21. The first kappa shape index (κ1) is 35.0. The lowest BCUT2D eigenvalue weighted by molar-refractivity contribution is -0.148. The van der Waals surface area contributed by atoms with E-state index in [1.165, 1.54) is 58.4 Å². The zero-order valence-corrected chi connectivity index (χ0v) is 27.8. The van der Waals surface area contributed by atoms with Crippen molar-refractivity contribution in [1.82, 2.24) is 10.3 Å². The standard InChI is InChI=1S/C38H39FN2O8/c1-37(45,19-18-31(42)26-12-17-32(33(20-26)46-3)49-29-15-16-29)34-22-27(21-30(40-34)25-10-13-28(39)14-11-25)38(2,35(43)47-4)41-36(44)48-23-24-8-6-5-7-9-24/h5-14,17,20-22,29,45H,15-16,18-19,23H2,1-4H3,(H,41,44). The van der Waals surface area contributed by atoms with Crippen molar-refractivity contribution in [2.75, 3.05) is 14.2 Å². The number of aliphatic hydroxyl groups is 1. The van der Waals surface area contributed by atoms with Gasteiger partial charge in [-0.05, 0) is 98.8 Å². The Morgan fingerprint density at radius 2 is 1.65 bits per heavy atom. The van der Waals surface area contributed by atoms with Gasteiger partial charge in [0.1, 0.15) is 18.0 Å². The van der Waals surface area contributed by atoms with Crippen molar-refractivity contribution in [3.05, 3.63) is 113 Å². The minimum Gasteiger partial charge on any atom is -0.493 e. The highest BCUT2D eigenvalue weighted by Crippen LogP contribution is 2.36. The second-order valence-electron chi connectivity index (χ2n) is 12.3. The van der Waals surface area contributed by atoms with Crippen molar-refractivity contribution >= 4 is 17.8 Å². The Bertz CT molecular complexity index is 1810. The van der Waals surface area contributed by atoms with Crippen LogP contribution < -0.4 is 14.8 Å². The molecular formula is C38H39FN2O8. The van der Waals surface area contributed by atoms with Crippen LogP contribution in [0.25, 0.3) is 11.3 Å². The van der Waals surface area contributed by atoms with Gasteiger partial charge in [-0.2, -0.15) is 0 Å². The monoisotopic (exact) mass is 670 g/mol. The van der Waals surface area contributed by atoms with Crippen molar-refractivity contribution in [1.29, 1.82) is 0 Å². The average molecular weight is 671 g/mol. The van der Waals surface area contributed by atoms with Crippen LogP contribution in [-0.2, 0) is 32.0 Å². The van der Waals surface area contributed by atoms with E-state index in [1.54, 1.807) is 36.4 Å². The zero-order valence-electron chi connectivity index (χ0n) is 27.8. The van der Waals surface area contributed by atoms with Gasteiger partial charge in [-0.3, -0.25) is 4.79 Å². The largest absolute Gasteiger partial charge is 0.493 e. The quantitative estimate of drug-likeness (QED) is 0.112. The van der Waals surface area contributed by atoms with E-state index in [9.17, 15) is 23.9 Å². The summed E-state index contributed by atoms with van der Waals surface area (Å²) in [6.07, 6.45) is 1.11. The summed E-state index contributed by atoms with van der Waals surface area (Å²) in [5.74, 6) is -0.511. The molecule has 1 aliphatic carbocycles. The average Bonchev–Trinajstić information content (AvgIpc) is 3.94. The Kier molecular flexibility index (Phi) is 10.6. The maximum absolute atomic E-state index is 13.8. The highest BCUT2D eigenvalue weighted by Gasteiger charge is 2.41. The van der Waals surface area contributed by atoms with E-state index in [-0.39, 0.29) is 48.3 Å². The molecule has 0 saturated heterocycles. The van der Waals surface area contributed by atoms with Crippen LogP contribution in [0.3, 0.4) is 0 Å². The predicted octanol–water partition coefficient (Wildman–Crippen LogP) is 6.62. The molecule has 4 aromatic rings. The Morgan fingerprint density at radius 3 is 2.31 bits per heavy atom. The topological polar surface area (TPSA) is 133 Å². The molecule has 1 amide bonds. The van der Waals surface area contributed by atoms with Gasteiger partial charge in [0.2, 0.25) is 0 Å². The summed E-state index contributed by atoms with van der Waals surface area (Å²) in [5.41, 5.74) is -1.28. The van der Waals surface area contributed by atoms with Gasteiger partial charge in [-0.1, -0.05) is 30.3 Å². The molecule has 49 heavy (non-hydrogen) atoms. The molecule has 10 nitrogen and oxygen atoms in total. The van der Waals surface area contributed by atoms with Crippen LogP contribution in [0.4, 0.5) is 9.18 Å². The molecule has 2 atom stereocenters. The number of rotatable bonds is 14. The number of carbonyl (C=O) groups excluding carboxylic acids is 3. The molecule has 11 heteroatoms. The third-order valence-corrected chi connectivity index (χ3v) is 8.40. The molecule has 2 unspecified atom stereocenters. The molecular weight excluding hydrogens is 631 g/mol. The molecule has 0 spiro atoms. The summed E-state index contributed by atoms with van der Waals surface area (Å²) in [6, 6.07) is 22.6. The van der Waals surface area contributed by atoms with Gasteiger partial charge in [0, 0.05) is 17.5 Å². The number of methoxy groups -OCH3 is 2. The maximum atomic E-state index is 13.8. The highest BCUT2D eigenvalue weighted by molar-refractivity contribution is 5.96. The molecule has 2 N–H and O–H groups in total. The summed E-state index contributed by atoms with van der Waals surface area (Å²) < 4.78 is 35.6. The third-order valence-electron chi connectivity index (χ3n) is 8.40. The van der Waals surface area contributed by atoms with Gasteiger partial charge < -0.3 is 29.4 Å². The first-order valence-corrected chi connectivity index (χ1v) is 15.9. The van der Waals surface area contributed by atoms with E-state index in [0.29, 0.717) is 22.6 Å². The van der Waals surface area contributed by atoms with Crippen molar-refractivity contribution in [2.45, 2.75) is 63.4 Å². The van der Waals surface area contributed by atoms with Crippen molar-refractivity contribution < 1.29 is 42.8 Å². The highest BCUT2D eigenvalue weighted by atomic mass is 19.1. The van der Waals surface area contributed by atoms with Crippen LogP contribution in [0.5, 0.6) is 11.5 Å². The second-order valence-corrected chi connectivity index (χ2v) is 12.3. The van der Waals surface area contributed by atoms with Gasteiger partial charge in [0.25, 0.3) is 0 Å². The van der Waals surface area contributed by atoms with E-state index in [2.05, 4.69) is 10.3 Å². The molecule has 3 aromatic carbocycles. The number of aromatic nitrogens is 1.